The molecule has 4 atom stereocenters. The second-order valence-electron chi connectivity index (χ2n) is 7.47. The Morgan fingerprint density at radius 2 is 1.96 bits per heavy atom. The summed E-state index contributed by atoms with van der Waals surface area (Å²) in [5.74, 6) is 2.03. The molecule has 4 unspecified atom stereocenters. The Labute approximate surface area is 142 Å². The molecule has 0 spiro atoms. The van der Waals surface area contributed by atoms with Crippen LogP contribution in [0.25, 0.3) is 0 Å². The Bertz CT molecular complexity index is 516. The molecule has 2 aliphatic heterocycles. The Hall–Kier alpha value is -0.720. The molecule has 0 amide bonds. The van der Waals surface area contributed by atoms with E-state index in [1.165, 1.54) is 43.8 Å². The van der Waals surface area contributed by atoms with E-state index in [4.69, 9.17) is 4.74 Å². The zero-order chi connectivity index (χ0) is 15.6. The number of hydrogen-bond donors (Lipinski definition) is 1. The summed E-state index contributed by atoms with van der Waals surface area (Å²) in [7, 11) is 0. The van der Waals surface area contributed by atoms with E-state index < -0.39 is 0 Å². The fourth-order valence-corrected chi connectivity index (χ4v) is 5.13. The molecule has 1 aliphatic carbocycles. The number of hydrogen-bond acceptors (Lipinski definition) is 6. The zero-order valence-electron chi connectivity index (χ0n) is 13.7. The van der Waals surface area contributed by atoms with Crippen LogP contribution in [-0.4, -0.2) is 44.6 Å². The fourth-order valence-electron chi connectivity index (χ4n) is 4.58. The van der Waals surface area contributed by atoms with Crippen LogP contribution >= 0.6 is 11.7 Å². The van der Waals surface area contributed by atoms with Crippen molar-refractivity contribution in [3.05, 3.63) is 5.69 Å². The number of aromatic nitrogens is 2. The third-order valence-corrected chi connectivity index (χ3v) is 6.50. The predicted molar refractivity (Wildman–Crippen MR) is 89.6 cm³/mol. The number of aliphatic hydroxyl groups excluding tert-OH is 1. The van der Waals surface area contributed by atoms with Gasteiger partial charge >= 0.3 is 0 Å². The van der Waals surface area contributed by atoms with E-state index in [1.807, 2.05) is 0 Å². The molecule has 2 saturated heterocycles. The molecule has 6 heteroatoms. The second-order valence-corrected chi connectivity index (χ2v) is 8.00. The van der Waals surface area contributed by atoms with Crippen LogP contribution in [0.2, 0.25) is 0 Å². The molecular formula is C17H27N3O2S. The lowest BCUT2D eigenvalue weighted by molar-refractivity contribution is 0.144. The van der Waals surface area contributed by atoms with Crippen molar-refractivity contribution in [2.75, 3.05) is 19.7 Å². The highest BCUT2D eigenvalue weighted by atomic mass is 32.1. The summed E-state index contributed by atoms with van der Waals surface area (Å²) >= 11 is 1.26. The lowest BCUT2D eigenvalue weighted by Crippen LogP contribution is -2.31. The maximum absolute atomic E-state index is 10.1. The first-order valence-corrected chi connectivity index (χ1v) is 9.91. The van der Waals surface area contributed by atoms with Crippen molar-refractivity contribution in [1.29, 1.82) is 0 Å². The summed E-state index contributed by atoms with van der Waals surface area (Å²) in [6.45, 7) is 2.53. The van der Waals surface area contributed by atoms with Gasteiger partial charge in [0.05, 0.1) is 30.5 Å². The molecule has 23 heavy (non-hydrogen) atoms. The van der Waals surface area contributed by atoms with E-state index in [1.54, 1.807) is 0 Å². The fraction of sp³-hybridized carbons (Fsp3) is 0.882. The third kappa shape index (κ3) is 3.39. The maximum Gasteiger partial charge on any atom is 0.250 e. The quantitative estimate of drug-likeness (QED) is 0.895. The lowest BCUT2D eigenvalue weighted by atomic mass is 9.87. The number of ether oxygens (including phenoxy) is 1. The van der Waals surface area contributed by atoms with Gasteiger partial charge in [-0.15, -0.1) is 4.37 Å². The van der Waals surface area contributed by atoms with Gasteiger partial charge in [0, 0.05) is 13.1 Å². The first kappa shape index (κ1) is 15.8. The molecule has 5 nitrogen and oxygen atoms in total. The molecule has 1 aromatic heterocycles. The highest BCUT2D eigenvalue weighted by Gasteiger charge is 2.42. The minimum atomic E-state index is -0.165. The zero-order valence-corrected chi connectivity index (χ0v) is 14.5. The standard InChI is InChI=1S/C17H27N3O2S/c21-15-11-20-10-13(15)6-7-14(20)16-17(19-23-18-16)22-9-8-12-4-2-1-3-5-12/h12-15,21H,1-11H2. The van der Waals surface area contributed by atoms with Crippen LogP contribution in [-0.2, 0) is 0 Å². The van der Waals surface area contributed by atoms with Gasteiger partial charge in [-0.1, -0.05) is 32.1 Å². The topological polar surface area (TPSA) is 58.5 Å². The van der Waals surface area contributed by atoms with Gasteiger partial charge in [0.1, 0.15) is 5.69 Å². The van der Waals surface area contributed by atoms with Crippen molar-refractivity contribution in [1.82, 2.24) is 13.6 Å². The van der Waals surface area contributed by atoms with Gasteiger partial charge < -0.3 is 9.84 Å². The van der Waals surface area contributed by atoms with Crippen molar-refractivity contribution >= 4 is 11.7 Å². The van der Waals surface area contributed by atoms with Crippen LogP contribution in [0.5, 0.6) is 5.88 Å². The van der Waals surface area contributed by atoms with Crippen molar-refractivity contribution in [2.24, 2.45) is 11.8 Å². The predicted octanol–water partition coefficient (Wildman–Crippen LogP) is 3.01. The van der Waals surface area contributed by atoms with Crippen molar-refractivity contribution < 1.29 is 9.84 Å². The maximum atomic E-state index is 10.1. The lowest BCUT2D eigenvalue weighted by Gasteiger charge is -2.30. The molecule has 0 aromatic carbocycles. The van der Waals surface area contributed by atoms with Crippen LogP contribution < -0.4 is 4.74 Å². The first-order valence-electron chi connectivity index (χ1n) is 9.18. The summed E-state index contributed by atoms with van der Waals surface area (Å²) in [5.41, 5.74) is 1.01. The summed E-state index contributed by atoms with van der Waals surface area (Å²) < 4.78 is 14.9. The SMILES string of the molecule is OC1CN2CC1CCC2c1nsnc1OCCC1CCCCC1. The molecular weight excluding hydrogens is 310 g/mol. The van der Waals surface area contributed by atoms with Gasteiger partial charge in [0.25, 0.3) is 5.88 Å². The molecule has 3 aliphatic rings. The average molecular weight is 337 g/mol. The molecule has 3 fully saturated rings. The van der Waals surface area contributed by atoms with E-state index in [0.717, 1.165) is 56.5 Å². The number of rotatable bonds is 5. The summed E-state index contributed by atoms with van der Waals surface area (Å²) in [5, 5.41) is 10.1. The minimum Gasteiger partial charge on any atom is -0.476 e. The number of piperidine rings is 1. The summed E-state index contributed by atoms with van der Waals surface area (Å²) in [6, 6.07) is 0.284. The van der Waals surface area contributed by atoms with Gasteiger partial charge in [-0.3, -0.25) is 4.90 Å². The van der Waals surface area contributed by atoms with Crippen molar-refractivity contribution in [2.45, 2.75) is 63.5 Å². The Balaban J connectivity index is 1.34. The third-order valence-electron chi connectivity index (χ3n) is 5.97. The van der Waals surface area contributed by atoms with E-state index in [-0.39, 0.29) is 12.1 Å². The molecule has 2 bridgehead atoms. The van der Waals surface area contributed by atoms with E-state index in [2.05, 4.69) is 13.6 Å². The number of fused-ring (bicyclic) bond motifs is 2. The second kappa shape index (κ2) is 7.03. The summed E-state index contributed by atoms with van der Waals surface area (Å²) in [4.78, 5) is 2.36. The minimum absolute atomic E-state index is 0.165. The largest absolute Gasteiger partial charge is 0.476 e. The van der Waals surface area contributed by atoms with Crippen LogP contribution in [0.15, 0.2) is 0 Å². The van der Waals surface area contributed by atoms with Crippen LogP contribution in [0.1, 0.15) is 63.1 Å². The molecule has 1 saturated carbocycles. The van der Waals surface area contributed by atoms with Gasteiger partial charge in [-0.2, -0.15) is 4.37 Å². The number of nitrogens with zero attached hydrogens (tertiary/aromatic N) is 3. The van der Waals surface area contributed by atoms with Crippen molar-refractivity contribution in [3.8, 4) is 5.88 Å². The van der Waals surface area contributed by atoms with Crippen LogP contribution in [0.3, 0.4) is 0 Å². The molecule has 128 valence electrons. The van der Waals surface area contributed by atoms with Crippen LogP contribution in [0.4, 0.5) is 0 Å². The molecule has 0 radical (unpaired) electrons. The average Bonchev–Trinajstić information content (AvgIpc) is 3.15. The van der Waals surface area contributed by atoms with Crippen molar-refractivity contribution in [3.63, 3.8) is 0 Å². The Morgan fingerprint density at radius 3 is 2.83 bits per heavy atom. The highest BCUT2D eigenvalue weighted by Crippen LogP contribution is 2.41. The molecule has 4 rings (SSSR count). The van der Waals surface area contributed by atoms with Gasteiger partial charge in [-0.25, -0.2) is 0 Å². The van der Waals surface area contributed by atoms with E-state index in [9.17, 15) is 5.11 Å². The smallest absolute Gasteiger partial charge is 0.250 e. The Kier molecular flexibility index (Phi) is 4.83. The Morgan fingerprint density at radius 1 is 1.09 bits per heavy atom. The monoisotopic (exact) mass is 337 g/mol. The molecule has 1 aromatic rings. The highest BCUT2D eigenvalue weighted by molar-refractivity contribution is 6.99. The van der Waals surface area contributed by atoms with E-state index >= 15 is 0 Å². The first-order chi connectivity index (χ1) is 11.3. The van der Waals surface area contributed by atoms with Gasteiger partial charge in [0.2, 0.25) is 0 Å². The molecule has 1 N–H and O–H groups in total. The van der Waals surface area contributed by atoms with Gasteiger partial charge in [0.15, 0.2) is 0 Å². The van der Waals surface area contributed by atoms with Crippen LogP contribution in [0, 0.1) is 11.8 Å². The number of aliphatic hydroxyl groups is 1. The van der Waals surface area contributed by atoms with E-state index in [0.29, 0.717) is 5.92 Å². The normalized spacial score (nSPS) is 34.7. The molecule has 3 heterocycles. The van der Waals surface area contributed by atoms with Gasteiger partial charge in [-0.05, 0) is 31.1 Å². The summed E-state index contributed by atoms with van der Waals surface area (Å²) in [6.07, 6.45) is 10.0.